The van der Waals surface area contributed by atoms with Gasteiger partial charge in [0.05, 0.1) is 0 Å². The molecule has 2 aromatic carbocycles. The number of aromatic nitrogens is 2. The SMILES string of the molecule is CC(C)[C@@H](NC(=O)Nc1ccccc1)C(=O)OCc1nnc(-c2ccccc2)o1. The summed E-state index contributed by atoms with van der Waals surface area (Å²) in [4.78, 5) is 24.7. The third-order valence-corrected chi connectivity index (χ3v) is 4.06. The monoisotopic (exact) mass is 394 g/mol. The van der Waals surface area contributed by atoms with Crippen LogP contribution in [0.5, 0.6) is 0 Å². The number of esters is 1. The minimum atomic E-state index is -0.824. The number of para-hydroxylation sites is 1. The number of hydrogen-bond acceptors (Lipinski definition) is 6. The largest absolute Gasteiger partial charge is 0.454 e. The molecule has 0 unspecified atom stereocenters. The van der Waals surface area contributed by atoms with E-state index in [1.165, 1.54) is 0 Å². The fraction of sp³-hybridized carbons (Fsp3) is 0.238. The highest BCUT2D eigenvalue weighted by molar-refractivity contribution is 5.92. The quantitative estimate of drug-likeness (QED) is 0.593. The third kappa shape index (κ3) is 5.65. The van der Waals surface area contributed by atoms with Crippen molar-refractivity contribution in [3.63, 3.8) is 0 Å². The van der Waals surface area contributed by atoms with Crippen molar-refractivity contribution in [2.24, 2.45) is 5.92 Å². The topological polar surface area (TPSA) is 106 Å². The molecule has 1 aromatic heterocycles. The molecule has 8 heteroatoms. The Morgan fingerprint density at radius 2 is 1.66 bits per heavy atom. The fourth-order valence-corrected chi connectivity index (χ4v) is 2.56. The molecule has 0 radical (unpaired) electrons. The maximum absolute atomic E-state index is 12.5. The number of anilines is 1. The summed E-state index contributed by atoms with van der Waals surface area (Å²) in [7, 11) is 0. The summed E-state index contributed by atoms with van der Waals surface area (Å²) in [6.45, 7) is 3.45. The number of nitrogens with zero attached hydrogens (tertiary/aromatic N) is 2. The average Bonchev–Trinajstić information content (AvgIpc) is 3.20. The van der Waals surface area contributed by atoms with Crippen molar-refractivity contribution in [1.29, 1.82) is 0 Å². The van der Waals surface area contributed by atoms with E-state index in [4.69, 9.17) is 9.15 Å². The predicted octanol–water partition coefficient (Wildman–Crippen LogP) is 3.63. The molecule has 29 heavy (non-hydrogen) atoms. The van der Waals surface area contributed by atoms with Gasteiger partial charge >= 0.3 is 12.0 Å². The number of benzene rings is 2. The molecule has 0 fully saturated rings. The van der Waals surface area contributed by atoms with E-state index >= 15 is 0 Å². The highest BCUT2D eigenvalue weighted by Crippen LogP contribution is 2.17. The van der Waals surface area contributed by atoms with E-state index in [9.17, 15) is 9.59 Å². The van der Waals surface area contributed by atoms with Crippen molar-refractivity contribution in [2.45, 2.75) is 26.5 Å². The second-order valence-electron chi connectivity index (χ2n) is 6.66. The smallest absolute Gasteiger partial charge is 0.329 e. The van der Waals surface area contributed by atoms with Crippen LogP contribution in [0.4, 0.5) is 10.5 Å². The van der Waals surface area contributed by atoms with Gasteiger partial charge in [-0.1, -0.05) is 50.2 Å². The molecule has 3 aromatic rings. The molecule has 0 spiro atoms. The summed E-state index contributed by atoms with van der Waals surface area (Å²) in [5.74, 6) is -0.236. The average molecular weight is 394 g/mol. The zero-order valence-electron chi connectivity index (χ0n) is 16.2. The van der Waals surface area contributed by atoms with Crippen molar-refractivity contribution in [2.75, 3.05) is 5.32 Å². The number of ether oxygens (including phenoxy) is 1. The second kappa shape index (κ2) is 9.50. The molecule has 8 nitrogen and oxygen atoms in total. The van der Waals surface area contributed by atoms with Gasteiger partial charge in [-0.15, -0.1) is 10.2 Å². The Hall–Kier alpha value is -3.68. The van der Waals surface area contributed by atoms with Gasteiger partial charge in [0.25, 0.3) is 5.89 Å². The van der Waals surface area contributed by atoms with Crippen LogP contribution in [-0.2, 0) is 16.1 Å². The molecule has 1 heterocycles. The lowest BCUT2D eigenvalue weighted by Crippen LogP contribution is -2.47. The summed E-state index contributed by atoms with van der Waals surface area (Å²) < 4.78 is 10.8. The van der Waals surface area contributed by atoms with E-state index in [1.54, 1.807) is 24.3 Å². The molecule has 2 amide bonds. The molecule has 0 bridgehead atoms. The number of carbonyl (C=O) groups excluding carboxylic acids is 2. The summed E-state index contributed by atoms with van der Waals surface area (Å²) in [5.41, 5.74) is 1.40. The molecule has 3 rings (SSSR count). The van der Waals surface area contributed by atoms with E-state index in [2.05, 4.69) is 20.8 Å². The molecular formula is C21H22N4O4. The first-order valence-corrected chi connectivity index (χ1v) is 9.20. The molecule has 1 atom stereocenters. The lowest BCUT2D eigenvalue weighted by Gasteiger charge is -2.20. The Bertz CT molecular complexity index is 942. The van der Waals surface area contributed by atoms with Crippen LogP contribution in [0, 0.1) is 5.92 Å². The summed E-state index contributed by atoms with van der Waals surface area (Å²) in [6.07, 6.45) is 0. The zero-order valence-corrected chi connectivity index (χ0v) is 16.2. The molecule has 0 saturated carbocycles. The maximum atomic E-state index is 12.5. The minimum Gasteiger partial charge on any atom is -0.454 e. The first kappa shape index (κ1) is 20.1. The summed E-state index contributed by atoms with van der Waals surface area (Å²) in [5, 5.41) is 13.2. The van der Waals surface area contributed by atoms with Gasteiger partial charge in [0, 0.05) is 11.3 Å². The Morgan fingerprint density at radius 1 is 1.00 bits per heavy atom. The van der Waals surface area contributed by atoms with Crippen LogP contribution in [-0.4, -0.2) is 28.2 Å². The van der Waals surface area contributed by atoms with E-state index in [-0.39, 0.29) is 18.4 Å². The van der Waals surface area contributed by atoms with Crippen LogP contribution < -0.4 is 10.6 Å². The van der Waals surface area contributed by atoms with Crippen molar-refractivity contribution in [3.05, 3.63) is 66.6 Å². The Kier molecular flexibility index (Phi) is 6.57. The van der Waals surface area contributed by atoms with Gasteiger partial charge in [-0.2, -0.15) is 0 Å². The van der Waals surface area contributed by atoms with Crippen LogP contribution >= 0.6 is 0 Å². The van der Waals surface area contributed by atoms with Crippen molar-refractivity contribution in [3.8, 4) is 11.5 Å². The first-order valence-electron chi connectivity index (χ1n) is 9.20. The number of carbonyl (C=O) groups is 2. The van der Waals surface area contributed by atoms with Gasteiger partial charge in [0.15, 0.2) is 6.61 Å². The Morgan fingerprint density at radius 3 is 2.31 bits per heavy atom. The fourth-order valence-electron chi connectivity index (χ4n) is 2.56. The van der Waals surface area contributed by atoms with Gasteiger partial charge in [-0.3, -0.25) is 0 Å². The highest BCUT2D eigenvalue weighted by atomic mass is 16.5. The Balaban J connectivity index is 1.56. The van der Waals surface area contributed by atoms with Gasteiger partial charge in [0.2, 0.25) is 5.89 Å². The maximum Gasteiger partial charge on any atom is 0.329 e. The lowest BCUT2D eigenvalue weighted by molar-refractivity contribution is -0.149. The van der Waals surface area contributed by atoms with Gasteiger partial charge in [-0.25, -0.2) is 9.59 Å². The molecule has 0 aliphatic heterocycles. The third-order valence-electron chi connectivity index (χ3n) is 4.06. The molecule has 150 valence electrons. The number of nitrogens with one attached hydrogen (secondary N) is 2. The first-order chi connectivity index (χ1) is 14.0. The van der Waals surface area contributed by atoms with Gasteiger partial charge in [-0.05, 0) is 30.2 Å². The molecule has 0 aliphatic rings. The van der Waals surface area contributed by atoms with Crippen LogP contribution in [0.15, 0.2) is 65.1 Å². The van der Waals surface area contributed by atoms with E-state index in [0.29, 0.717) is 11.6 Å². The van der Waals surface area contributed by atoms with Crippen LogP contribution in [0.3, 0.4) is 0 Å². The van der Waals surface area contributed by atoms with Gasteiger partial charge < -0.3 is 19.8 Å². The standard InChI is InChI=1S/C21H22N4O4/c1-14(2)18(23-21(27)22-16-11-7-4-8-12-16)20(26)28-13-17-24-25-19(29-17)15-9-5-3-6-10-15/h3-12,14,18H,13H2,1-2H3,(H2,22,23,27)/t18-/m1/s1. The van der Waals surface area contributed by atoms with Gasteiger partial charge in [0.1, 0.15) is 6.04 Å². The number of urea groups is 1. The predicted molar refractivity (Wildman–Crippen MR) is 107 cm³/mol. The highest BCUT2D eigenvalue weighted by Gasteiger charge is 2.26. The molecule has 0 saturated heterocycles. The minimum absolute atomic E-state index is 0.174. The lowest BCUT2D eigenvalue weighted by atomic mass is 10.1. The van der Waals surface area contributed by atoms with Crippen LogP contribution in [0.1, 0.15) is 19.7 Å². The Labute approximate surface area is 168 Å². The second-order valence-corrected chi connectivity index (χ2v) is 6.66. The van der Waals surface area contributed by atoms with Crippen LogP contribution in [0.2, 0.25) is 0 Å². The molecular weight excluding hydrogens is 372 g/mol. The summed E-state index contributed by atoms with van der Waals surface area (Å²) >= 11 is 0. The van der Waals surface area contributed by atoms with E-state index in [1.807, 2.05) is 50.2 Å². The molecule has 2 N–H and O–H groups in total. The van der Waals surface area contributed by atoms with Crippen molar-refractivity contribution < 1.29 is 18.7 Å². The zero-order chi connectivity index (χ0) is 20.6. The number of rotatable bonds is 7. The molecule has 0 aliphatic carbocycles. The summed E-state index contributed by atoms with van der Waals surface area (Å²) in [6, 6.07) is 16.9. The number of amides is 2. The van der Waals surface area contributed by atoms with E-state index in [0.717, 1.165) is 5.56 Å². The normalized spacial score (nSPS) is 11.7. The van der Waals surface area contributed by atoms with Crippen molar-refractivity contribution >= 4 is 17.7 Å². The van der Waals surface area contributed by atoms with Crippen molar-refractivity contribution in [1.82, 2.24) is 15.5 Å². The van der Waals surface area contributed by atoms with E-state index < -0.39 is 18.0 Å². The number of hydrogen-bond donors (Lipinski definition) is 2. The van der Waals surface area contributed by atoms with Crippen LogP contribution in [0.25, 0.3) is 11.5 Å².